The van der Waals surface area contributed by atoms with Gasteiger partial charge in [-0.1, -0.05) is 6.07 Å². The van der Waals surface area contributed by atoms with Crippen LogP contribution in [-0.2, 0) is 6.42 Å². The van der Waals surface area contributed by atoms with Crippen LogP contribution < -0.4 is 4.74 Å². The van der Waals surface area contributed by atoms with E-state index in [0.29, 0.717) is 5.75 Å². The number of halogens is 1. The van der Waals surface area contributed by atoms with Crippen molar-refractivity contribution in [3.63, 3.8) is 0 Å². The van der Waals surface area contributed by atoms with E-state index < -0.39 is 5.82 Å². The molecule has 3 rings (SSSR count). The van der Waals surface area contributed by atoms with Crippen LogP contribution in [0.3, 0.4) is 0 Å². The van der Waals surface area contributed by atoms with Crippen LogP contribution in [0, 0.1) is 17.1 Å². The second-order valence-electron chi connectivity index (χ2n) is 4.66. The first kappa shape index (κ1) is 9.65. The van der Waals surface area contributed by atoms with Gasteiger partial charge in [-0.05, 0) is 43.7 Å². The lowest BCUT2D eigenvalue weighted by atomic mass is 9.74. The van der Waals surface area contributed by atoms with E-state index in [1.807, 2.05) is 6.07 Å². The summed E-state index contributed by atoms with van der Waals surface area (Å²) in [5.74, 6) is 0.0195. The van der Waals surface area contributed by atoms with Crippen LogP contribution in [0.15, 0.2) is 12.1 Å². The van der Waals surface area contributed by atoms with Gasteiger partial charge in [0.2, 0.25) is 0 Å². The molecule has 0 radical (unpaired) electrons. The van der Waals surface area contributed by atoms with Gasteiger partial charge in [-0.25, -0.2) is 4.39 Å². The van der Waals surface area contributed by atoms with E-state index >= 15 is 0 Å². The number of fused-ring (bicyclic) bond motifs is 1. The van der Waals surface area contributed by atoms with E-state index in [0.717, 1.165) is 31.2 Å². The zero-order valence-corrected chi connectivity index (χ0v) is 8.92. The Labute approximate surface area is 93.6 Å². The minimum Gasteiger partial charge on any atom is -0.485 e. The fraction of sp³-hybridized carbons (Fsp3) is 0.462. The van der Waals surface area contributed by atoms with Crippen LogP contribution in [0.1, 0.15) is 36.8 Å². The van der Waals surface area contributed by atoms with Crippen molar-refractivity contribution in [3.05, 3.63) is 29.1 Å². The minimum atomic E-state index is -0.474. The molecule has 0 amide bonds. The van der Waals surface area contributed by atoms with Gasteiger partial charge < -0.3 is 4.74 Å². The van der Waals surface area contributed by atoms with E-state index in [4.69, 9.17) is 10.00 Å². The summed E-state index contributed by atoms with van der Waals surface area (Å²) >= 11 is 0. The topological polar surface area (TPSA) is 33.0 Å². The van der Waals surface area contributed by atoms with Gasteiger partial charge in [0.25, 0.3) is 0 Å². The Balaban J connectivity index is 2.08. The predicted molar refractivity (Wildman–Crippen MR) is 56.6 cm³/mol. The summed E-state index contributed by atoms with van der Waals surface area (Å²) in [5, 5.41) is 8.97. The molecule has 1 spiro atoms. The summed E-state index contributed by atoms with van der Waals surface area (Å²) in [6, 6.07) is 5.00. The van der Waals surface area contributed by atoms with Crippen LogP contribution in [0.25, 0.3) is 0 Å². The van der Waals surface area contributed by atoms with Crippen molar-refractivity contribution < 1.29 is 9.13 Å². The molecule has 0 saturated heterocycles. The third-order valence-electron chi connectivity index (χ3n) is 3.73. The Kier molecular flexibility index (Phi) is 1.94. The summed E-state index contributed by atoms with van der Waals surface area (Å²) in [7, 11) is 0. The summed E-state index contributed by atoms with van der Waals surface area (Å²) in [4.78, 5) is 0. The smallest absolute Gasteiger partial charge is 0.144 e. The summed E-state index contributed by atoms with van der Waals surface area (Å²) < 4.78 is 19.3. The second kappa shape index (κ2) is 3.21. The highest BCUT2D eigenvalue weighted by molar-refractivity contribution is 5.51. The molecule has 1 saturated carbocycles. The fourth-order valence-corrected chi connectivity index (χ4v) is 2.57. The number of hydrogen-bond donors (Lipinski definition) is 0. The van der Waals surface area contributed by atoms with Crippen LogP contribution in [0.4, 0.5) is 4.39 Å². The molecule has 3 heteroatoms. The van der Waals surface area contributed by atoms with Crippen LogP contribution in [-0.4, -0.2) is 5.60 Å². The standard InChI is InChI=1S/C13H12FNO/c14-11-3-2-9-4-7-13(5-1-6-13)16-12(9)10(11)8-15/h2-3H,1,4-7H2. The number of aryl methyl sites for hydroxylation is 1. The number of benzene rings is 1. The maximum absolute atomic E-state index is 13.4. The molecule has 82 valence electrons. The van der Waals surface area contributed by atoms with Crippen molar-refractivity contribution in [3.8, 4) is 11.8 Å². The first-order valence-corrected chi connectivity index (χ1v) is 5.65. The third-order valence-corrected chi connectivity index (χ3v) is 3.73. The molecule has 1 aromatic rings. The van der Waals surface area contributed by atoms with Crippen LogP contribution in [0.2, 0.25) is 0 Å². The van der Waals surface area contributed by atoms with Crippen molar-refractivity contribution in [1.29, 1.82) is 5.26 Å². The van der Waals surface area contributed by atoms with Gasteiger partial charge in [0.1, 0.15) is 28.8 Å². The molecule has 0 N–H and O–H groups in total. The van der Waals surface area contributed by atoms with Gasteiger partial charge in [-0.15, -0.1) is 0 Å². The maximum atomic E-state index is 13.4. The molecular weight excluding hydrogens is 205 g/mol. The summed E-state index contributed by atoms with van der Waals surface area (Å²) in [6.45, 7) is 0. The minimum absolute atomic E-state index is 0.0727. The molecule has 0 bridgehead atoms. The van der Waals surface area contributed by atoms with Gasteiger partial charge in [0, 0.05) is 0 Å². The lowest BCUT2D eigenvalue weighted by Gasteiger charge is -2.45. The molecule has 16 heavy (non-hydrogen) atoms. The highest BCUT2D eigenvalue weighted by atomic mass is 19.1. The third kappa shape index (κ3) is 1.23. The Hall–Kier alpha value is -1.56. The van der Waals surface area contributed by atoms with Crippen molar-refractivity contribution >= 4 is 0 Å². The largest absolute Gasteiger partial charge is 0.485 e. The second-order valence-corrected chi connectivity index (χ2v) is 4.66. The average molecular weight is 217 g/mol. The molecular formula is C13H12FNO. The first-order chi connectivity index (χ1) is 7.74. The maximum Gasteiger partial charge on any atom is 0.144 e. The Morgan fingerprint density at radius 1 is 1.31 bits per heavy atom. The van der Waals surface area contributed by atoms with Crippen molar-refractivity contribution in [1.82, 2.24) is 0 Å². The van der Waals surface area contributed by atoms with Crippen molar-refractivity contribution in [2.45, 2.75) is 37.7 Å². The fourth-order valence-electron chi connectivity index (χ4n) is 2.57. The monoisotopic (exact) mass is 217 g/mol. The van der Waals surface area contributed by atoms with Crippen LogP contribution in [0.5, 0.6) is 5.75 Å². The molecule has 1 heterocycles. The molecule has 2 aliphatic rings. The number of hydrogen-bond acceptors (Lipinski definition) is 2. The Morgan fingerprint density at radius 3 is 2.75 bits per heavy atom. The first-order valence-electron chi connectivity index (χ1n) is 5.65. The van der Waals surface area contributed by atoms with Gasteiger partial charge >= 0.3 is 0 Å². The molecule has 0 aromatic heterocycles. The molecule has 1 aliphatic heterocycles. The normalized spacial score (nSPS) is 20.5. The molecule has 1 aliphatic carbocycles. The molecule has 0 unspecified atom stereocenters. The van der Waals surface area contributed by atoms with Gasteiger partial charge in [-0.3, -0.25) is 0 Å². The van der Waals surface area contributed by atoms with E-state index in [9.17, 15) is 4.39 Å². The lowest BCUT2D eigenvalue weighted by Crippen LogP contribution is -2.46. The van der Waals surface area contributed by atoms with Crippen molar-refractivity contribution in [2.24, 2.45) is 0 Å². The number of ether oxygens (including phenoxy) is 1. The SMILES string of the molecule is N#Cc1c(F)ccc2c1OC1(CCC1)CC2. The molecule has 0 atom stereocenters. The van der Waals surface area contributed by atoms with E-state index in [-0.39, 0.29) is 11.2 Å². The van der Waals surface area contributed by atoms with Crippen molar-refractivity contribution in [2.75, 3.05) is 0 Å². The highest BCUT2D eigenvalue weighted by Gasteiger charge is 2.42. The zero-order chi connectivity index (χ0) is 11.2. The van der Waals surface area contributed by atoms with Gasteiger partial charge in [-0.2, -0.15) is 5.26 Å². The summed E-state index contributed by atoms with van der Waals surface area (Å²) in [5.41, 5.74) is 0.950. The van der Waals surface area contributed by atoms with E-state index in [1.165, 1.54) is 12.5 Å². The Bertz CT molecular complexity index is 485. The van der Waals surface area contributed by atoms with Gasteiger partial charge in [0.05, 0.1) is 0 Å². The molecule has 1 fully saturated rings. The quantitative estimate of drug-likeness (QED) is 0.669. The average Bonchev–Trinajstić information content (AvgIpc) is 2.26. The number of rotatable bonds is 0. The number of nitriles is 1. The zero-order valence-electron chi connectivity index (χ0n) is 8.92. The summed E-state index contributed by atoms with van der Waals surface area (Å²) in [6.07, 6.45) is 5.13. The lowest BCUT2D eigenvalue weighted by molar-refractivity contribution is -0.0254. The van der Waals surface area contributed by atoms with Crippen LogP contribution >= 0.6 is 0 Å². The Morgan fingerprint density at radius 2 is 2.12 bits per heavy atom. The molecule has 1 aromatic carbocycles. The van der Waals surface area contributed by atoms with Gasteiger partial charge in [0.15, 0.2) is 0 Å². The highest BCUT2D eigenvalue weighted by Crippen LogP contribution is 2.46. The predicted octanol–water partition coefficient (Wildman–Crippen LogP) is 2.95. The molecule has 2 nitrogen and oxygen atoms in total. The van der Waals surface area contributed by atoms with E-state index in [2.05, 4.69) is 0 Å². The number of nitrogens with zero attached hydrogens (tertiary/aromatic N) is 1. The van der Waals surface area contributed by atoms with E-state index in [1.54, 1.807) is 6.07 Å².